The largest absolute Gasteiger partial charge is 0.339 e. The number of fused-ring (bicyclic) bond motifs is 2. The van der Waals surface area contributed by atoms with E-state index in [4.69, 9.17) is 4.98 Å². The van der Waals surface area contributed by atoms with Gasteiger partial charge >= 0.3 is 0 Å². The zero-order chi connectivity index (χ0) is 25.6. The van der Waals surface area contributed by atoms with Crippen molar-refractivity contribution in [3.05, 3.63) is 72.2 Å². The Labute approximate surface area is 219 Å². The first-order chi connectivity index (χ1) is 18.6. The van der Waals surface area contributed by atoms with Crippen LogP contribution in [0.5, 0.6) is 0 Å². The number of hydrogen-bond acceptors (Lipinski definition) is 6. The predicted octanol–water partition coefficient (Wildman–Crippen LogP) is 5.00. The molecule has 8 nitrogen and oxygen atoms in total. The van der Waals surface area contributed by atoms with Gasteiger partial charge in [-0.25, -0.2) is 19.8 Å². The van der Waals surface area contributed by atoms with Crippen molar-refractivity contribution in [3.63, 3.8) is 0 Å². The fourth-order valence-corrected chi connectivity index (χ4v) is 6.24. The lowest BCUT2D eigenvalue weighted by Gasteiger charge is -2.33. The molecule has 4 unspecified atom stereocenters. The minimum absolute atomic E-state index is 0.00697. The number of hydrazine groups is 1. The molecular weight excluding hydrogens is 481 g/mol. The number of rotatable bonds is 5. The first-order valence-corrected chi connectivity index (χ1v) is 13.5. The number of nitrogens with one attached hydrogen (secondary N) is 4. The van der Waals surface area contributed by atoms with E-state index in [2.05, 4.69) is 37.2 Å². The summed E-state index contributed by atoms with van der Waals surface area (Å²) in [4.78, 5) is 29.8. The summed E-state index contributed by atoms with van der Waals surface area (Å²) in [5.74, 6) is 1.53. The second-order valence-corrected chi connectivity index (χ2v) is 10.9. The Bertz CT molecular complexity index is 1480. The quantitative estimate of drug-likeness (QED) is 0.300. The third-order valence-electron chi connectivity index (χ3n) is 8.59. The molecule has 3 aliphatic rings. The lowest BCUT2D eigenvalue weighted by Crippen LogP contribution is -2.34. The van der Waals surface area contributed by atoms with Gasteiger partial charge in [0.05, 0.1) is 23.4 Å². The summed E-state index contributed by atoms with van der Waals surface area (Å²) in [5, 5.41) is 3.07. The topological polar surface area (TPSA) is 108 Å². The van der Waals surface area contributed by atoms with Crippen LogP contribution in [-0.4, -0.2) is 31.9 Å². The van der Waals surface area contributed by atoms with Crippen LogP contribution < -0.4 is 16.2 Å². The van der Waals surface area contributed by atoms with Gasteiger partial charge in [-0.2, -0.15) is 0 Å². The fraction of sp³-hybridized carbons (Fsp3) is 0.379. The fourth-order valence-electron chi connectivity index (χ4n) is 6.24. The summed E-state index contributed by atoms with van der Waals surface area (Å²) in [6.07, 6.45) is 11.6. The van der Waals surface area contributed by atoms with Crippen molar-refractivity contribution < 1.29 is 9.18 Å². The highest BCUT2D eigenvalue weighted by Crippen LogP contribution is 2.44. The Morgan fingerprint density at radius 2 is 1.89 bits per heavy atom. The van der Waals surface area contributed by atoms with Gasteiger partial charge in [0.2, 0.25) is 5.91 Å². The standard InChI is InChI=1S/C29H30FN7O/c30-20-7-4-16(5-8-20)22-10-11-32-27-25(22)34-28(35-27)26-23-13-18(6-9-24(23)36-37-26)19-12-21(15-31-14-19)33-29(38)17-2-1-3-17/h4-5,7-8,10-12,14-15,17-18,23-24,26,36-37H,1-3,6,9,13H2,(H,33,38)(H,32,34,35). The van der Waals surface area contributed by atoms with Crippen LogP contribution in [0.4, 0.5) is 10.1 Å². The summed E-state index contributed by atoms with van der Waals surface area (Å²) in [5.41, 5.74) is 12.3. The molecule has 194 valence electrons. The normalized spacial score (nSPS) is 25.2. The number of hydrogen-bond donors (Lipinski definition) is 4. The number of imidazole rings is 1. The number of H-pyrrole nitrogens is 1. The smallest absolute Gasteiger partial charge is 0.227 e. The molecule has 38 heavy (non-hydrogen) atoms. The predicted molar refractivity (Wildman–Crippen MR) is 142 cm³/mol. The number of benzene rings is 1. The zero-order valence-electron chi connectivity index (χ0n) is 21.0. The number of nitrogens with zero attached hydrogens (tertiary/aromatic N) is 3. The molecule has 9 heteroatoms. The Morgan fingerprint density at radius 3 is 2.71 bits per heavy atom. The maximum absolute atomic E-state index is 13.5. The van der Waals surface area contributed by atoms with E-state index in [0.717, 1.165) is 66.7 Å². The van der Waals surface area contributed by atoms with Crippen LogP contribution in [0.25, 0.3) is 22.3 Å². The van der Waals surface area contributed by atoms with E-state index >= 15 is 0 Å². The van der Waals surface area contributed by atoms with E-state index in [-0.39, 0.29) is 23.7 Å². The minimum Gasteiger partial charge on any atom is -0.339 e. The summed E-state index contributed by atoms with van der Waals surface area (Å²) in [6, 6.07) is 10.9. The molecule has 3 aromatic heterocycles. The molecule has 2 aliphatic carbocycles. The second-order valence-electron chi connectivity index (χ2n) is 10.9. The molecular formula is C29H30FN7O. The van der Waals surface area contributed by atoms with Crippen molar-refractivity contribution in [1.29, 1.82) is 0 Å². The zero-order valence-corrected chi connectivity index (χ0v) is 21.0. The Kier molecular flexibility index (Phi) is 5.89. The molecule has 0 spiro atoms. The van der Waals surface area contributed by atoms with Crippen LogP contribution in [0, 0.1) is 17.7 Å². The first-order valence-electron chi connectivity index (χ1n) is 13.5. The second kappa shape index (κ2) is 9.56. The van der Waals surface area contributed by atoms with Gasteiger partial charge in [-0.1, -0.05) is 18.6 Å². The van der Waals surface area contributed by atoms with E-state index in [1.165, 1.54) is 17.7 Å². The molecule has 4 heterocycles. The number of amides is 1. The van der Waals surface area contributed by atoms with Crippen molar-refractivity contribution in [2.24, 2.45) is 11.8 Å². The molecule has 1 saturated heterocycles. The minimum atomic E-state index is -0.259. The van der Waals surface area contributed by atoms with Crippen molar-refractivity contribution >= 4 is 22.8 Å². The summed E-state index contributed by atoms with van der Waals surface area (Å²) in [7, 11) is 0. The van der Waals surface area contributed by atoms with E-state index in [1.807, 2.05) is 12.3 Å². The number of carbonyl (C=O) groups excluding carboxylic acids is 1. The molecule has 4 atom stereocenters. The number of aromatic amines is 1. The molecule has 0 radical (unpaired) electrons. The van der Waals surface area contributed by atoms with Gasteiger partial charge in [0.25, 0.3) is 0 Å². The van der Waals surface area contributed by atoms with Crippen LogP contribution in [0.2, 0.25) is 0 Å². The molecule has 1 aromatic carbocycles. The third-order valence-corrected chi connectivity index (χ3v) is 8.59. The average molecular weight is 512 g/mol. The molecule has 4 aromatic rings. The molecule has 1 amide bonds. The number of carbonyl (C=O) groups is 1. The summed E-state index contributed by atoms with van der Waals surface area (Å²) in [6.45, 7) is 0. The number of anilines is 1. The number of halogens is 1. The van der Waals surface area contributed by atoms with Gasteiger partial charge in [-0.05, 0) is 79.3 Å². The Hall–Kier alpha value is -3.69. The van der Waals surface area contributed by atoms with Gasteiger partial charge in [-0.3, -0.25) is 15.2 Å². The van der Waals surface area contributed by atoms with Crippen molar-refractivity contribution in [3.8, 4) is 11.1 Å². The maximum Gasteiger partial charge on any atom is 0.227 e. The summed E-state index contributed by atoms with van der Waals surface area (Å²) >= 11 is 0. The van der Waals surface area contributed by atoms with E-state index in [1.54, 1.807) is 24.5 Å². The molecule has 3 fully saturated rings. The molecule has 7 rings (SSSR count). The first kappa shape index (κ1) is 23.4. The van der Waals surface area contributed by atoms with Crippen LogP contribution in [-0.2, 0) is 4.79 Å². The average Bonchev–Trinajstić information content (AvgIpc) is 3.52. The van der Waals surface area contributed by atoms with E-state index in [0.29, 0.717) is 23.5 Å². The lowest BCUT2D eigenvalue weighted by molar-refractivity contribution is -0.122. The Balaban J connectivity index is 1.12. The number of pyridine rings is 2. The SMILES string of the molecule is O=C(Nc1cncc(C2CCC3NNC(c4nc5nccc(-c6ccc(F)cc6)c5[nH]4)C3C2)c1)C1CCC1. The summed E-state index contributed by atoms with van der Waals surface area (Å²) < 4.78 is 13.5. The molecule has 0 bridgehead atoms. The molecule has 4 N–H and O–H groups in total. The molecule has 1 aliphatic heterocycles. The van der Waals surface area contributed by atoms with Crippen molar-refractivity contribution in [2.75, 3.05) is 5.32 Å². The van der Waals surface area contributed by atoms with Crippen LogP contribution in [0.3, 0.4) is 0 Å². The highest BCUT2D eigenvalue weighted by Gasteiger charge is 2.43. The third kappa shape index (κ3) is 4.25. The van der Waals surface area contributed by atoms with Crippen molar-refractivity contribution in [1.82, 2.24) is 30.8 Å². The van der Waals surface area contributed by atoms with Gasteiger partial charge in [0, 0.05) is 29.9 Å². The molecule has 2 saturated carbocycles. The van der Waals surface area contributed by atoms with Crippen LogP contribution >= 0.6 is 0 Å². The monoisotopic (exact) mass is 511 g/mol. The van der Waals surface area contributed by atoms with Gasteiger partial charge in [0.1, 0.15) is 11.6 Å². The maximum atomic E-state index is 13.5. The Morgan fingerprint density at radius 1 is 1.03 bits per heavy atom. The highest BCUT2D eigenvalue weighted by molar-refractivity contribution is 5.93. The van der Waals surface area contributed by atoms with Gasteiger partial charge < -0.3 is 10.3 Å². The number of aromatic nitrogens is 4. The van der Waals surface area contributed by atoms with Gasteiger partial charge in [0.15, 0.2) is 5.65 Å². The van der Waals surface area contributed by atoms with Gasteiger partial charge in [-0.15, -0.1) is 0 Å². The van der Waals surface area contributed by atoms with Crippen LogP contribution in [0.15, 0.2) is 55.0 Å². The highest BCUT2D eigenvalue weighted by atomic mass is 19.1. The van der Waals surface area contributed by atoms with Crippen molar-refractivity contribution in [2.45, 2.75) is 56.5 Å². The van der Waals surface area contributed by atoms with Crippen LogP contribution in [0.1, 0.15) is 61.9 Å². The van der Waals surface area contributed by atoms with E-state index < -0.39 is 0 Å². The lowest BCUT2D eigenvalue weighted by atomic mass is 9.73. The van der Waals surface area contributed by atoms with E-state index in [9.17, 15) is 9.18 Å².